The number of nitrogens with zero attached hydrogens (tertiary/aromatic N) is 2. The van der Waals surface area contributed by atoms with Crippen molar-refractivity contribution >= 4 is 15.7 Å². The second-order valence-corrected chi connectivity index (χ2v) is 10.5. The van der Waals surface area contributed by atoms with Crippen LogP contribution in [0.4, 0.5) is 5.69 Å². The number of hydrogen-bond donors (Lipinski definition) is 3. The van der Waals surface area contributed by atoms with Gasteiger partial charge in [-0.3, -0.25) is 4.90 Å². The minimum absolute atomic E-state index is 0.00115. The first-order valence-electron chi connectivity index (χ1n) is 11.5. The van der Waals surface area contributed by atoms with E-state index in [1.807, 2.05) is 31.2 Å². The number of rotatable bonds is 8. The minimum atomic E-state index is -3.73. The van der Waals surface area contributed by atoms with Crippen molar-refractivity contribution in [3.8, 4) is 5.75 Å². The van der Waals surface area contributed by atoms with Gasteiger partial charge < -0.3 is 24.6 Å². The summed E-state index contributed by atoms with van der Waals surface area (Å²) >= 11 is 0. The van der Waals surface area contributed by atoms with Crippen molar-refractivity contribution in [2.75, 3.05) is 51.3 Å². The number of methoxy groups -OCH3 is 1. The van der Waals surface area contributed by atoms with E-state index in [4.69, 9.17) is 9.47 Å². The van der Waals surface area contributed by atoms with Crippen LogP contribution in [0.25, 0.3) is 0 Å². The van der Waals surface area contributed by atoms with Crippen molar-refractivity contribution < 1.29 is 28.1 Å². The molecule has 4 atom stereocenters. The predicted molar refractivity (Wildman–Crippen MR) is 129 cm³/mol. The third-order valence-electron chi connectivity index (χ3n) is 6.61. The van der Waals surface area contributed by atoms with Gasteiger partial charge in [0.1, 0.15) is 18.0 Å². The Kier molecular flexibility index (Phi) is 7.76. The van der Waals surface area contributed by atoms with Gasteiger partial charge in [-0.1, -0.05) is 29.8 Å². The third-order valence-corrected chi connectivity index (χ3v) is 8.05. The molecule has 186 valence electrons. The molecular weight excluding hydrogens is 458 g/mol. The van der Waals surface area contributed by atoms with Crippen LogP contribution in [0.3, 0.4) is 0 Å². The summed E-state index contributed by atoms with van der Waals surface area (Å²) in [6.45, 7) is 4.31. The van der Waals surface area contributed by atoms with Gasteiger partial charge >= 0.3 is 0 Å². The third kappa shape index (κ3) is 5.22. The number of piperazine rings is 1. The van der Waals surface area contributed by atoms with Crippen molar-refractivity contribution in [2.45, 2.75) is 36.2 Å². The minimum Gasteiger partial charge on any atom is -0.495 e. The fourth-order valence-electron chi connectivity index (χ4n) is 4.74. The molecule has 4 rings (SSSR count). The van der Waals surface area contributed by atoms with Crippen molar-refractivity contribution in [1.29, 1.82) is 0 Å². The van der Waals surface area contributed by atoms with Crippen LogP contribution in [0.1, 0.15) is 5.56 Å². The smallest absolute Gasteiger partial charge is 0.240 e. The molecule has 0 spiro atoms. The molecule has 2 aromatic carbocycles. The lowest BCUT2D eigenvalue weighted by molar-refractivity contribution is -0.0201. The molecule has 2 aliphatic rings. The normalized spacial score (nSPS) is 26.1. The zero-order valence-corrected chi connectivity index (χ0v) is 20.3. The van der Waals surface area contributed by atoms with Gasteiger partial charge in [-0.25, -0.2) is 13.1 Å². The molecule has 3 N–H and O–H groups in total. The molecule has 0 aromatic heterocycles. The van der Waals surface area contributed by atoms with Crippen LogP contribution in [-0.4, -0.2) is 94.3 Å². The molecule has 10 heteroatoms. The van der Waals surface area contributed by atoms with Crippen LogP contribution in [0, 0.1) is 6.92 Å². The van der Waals surface area contributed by atoms with E-state index in [0.29, 0.717) is 13.1 Å². The maximum Gasteiger partial charge on any atom is 0.240 e. The van der Waals surface area contributed by atoms with Crippen LogP contribution in [0.15, 0.2) is 53.4 Å². The lowest BCUT2D eigenvalue weighted by atomic mass is 10.0. The summed E-state index contributed by atoms with van der Waals surface area (Å²) in [4.78, 5) is 4.53. The molecule has 2 heterocycles. The first kappa shape index (κ1) is 24.9. The van der Waals surface area contributed by atoms with Crippen LogP contribution in [0.5, 0.6) is 5.75 Å². The fourth-order valence-corrected chi connectivity index (χ4v) is 5.79. The number of aryl methyl sites for hydroxylation is 1. The number of para-hydroxylation sites is 2. The zero-order chi connectivity index (χ0) is 24.3. The molecule has 34 heavy (non-hydrogen) atoms. The van der Waals surface area contributed by atoms with E-state index in [1.54, 1.807) is 31.4 Å². The number of aliphatic hydroxyl groups is 2. The standard InChI is InChI=1S/C24H33N3O6S/c1-17-7-9-18(10-8-17)34(30,31)25-15-21-23(24(29)22(16-28)33-21)27-13-11-26(12-14-27)19-5-3-4-6-20(19)32-2/h3-10,21-25,28-29H,11-16H2,1-2H3/t21-,22-,23-,24+/m0/s1. The van der Waals surface area contributed by atoms with Crippen LogP contribution in [0.2, 0.25) is 0 Å². The van der Waals surface area contributed by atoms with Gasteiger partial charge in [-0.15, -0.1) is 0 Å². The van der Waals surface area contributed by atoms with E-state index in [2.05, 4.69) is 14.5 Å². The maximum atomic E-state index is 12.8. The highest BCUT2D eigenvalue weighted by atomic mass is 32.2. The number of nitrogens with one attached hydrogen (secondary N) is 1. The molecule has 2 saturated heterocycles. The van der Waals surface area contributed by atoms with Gasteiger partial charge in [-0.2, -0.15) is 0 Å². The molecule has 2 fully saturated rings. The van der Waals surface area contributed by atoms with E-state index in [1.165, 1.54) is 0 Å². The molecule has 0 aliphatic carbocycles. The van der Waals surface area contributed by atoms with Gasteiger partial charge in [0.05, 0.1) is 36.4 Å². The topological polar surface area (TPSA) is 112 Å². The van der Waals surface area contributed by atoms with Crippen molar-refractivity contribution in [3.63, 3.8) is 0 Å². The zero-order valence-electron chi connectivity index (χ0n) is 19.5. The average Bonchev–Trinajstić information content (AvgIpc) is 3.18. The van der Waals surface area contributed by atoms with E-state index in [-0.39, 0.29) is 18.0 Å². The highest BCUT2D eigenvalue weighted by Crippen LogP contribution is 2.31. The van der Waals surface area contributed by atoms with Crippen LogP contribution < -0.4 is 14.4 Å². The van der Waals surface area contributed by atoms with E-state index < -0.39 is 34.4 Å². The number of benzene rings is 2. The van der Waals surface area contributed by atoms with E-state index in [0.717, 1.165) is 30.1 Å². The molecule has 0 unspecified atom stereocenters. The number of aliphatic hydroxyl groups excluding tert-OH is 2. The van der Waals surface area contributed by atoms with Gasteiger partial charge in [0, 0.05) is 32.7 Å². The summed E-state index contributed by atoms with van der Waals surface area (Å²) in [6.07, 6.45) is -2.27. The maximum absolute atomic E-state index is 12.8. The SMILES string of the molecule is COc1ccccc1N1CCN([C@@H]2[C@H](O)[C@H](CO)O[C@H]2CNS(=O)(=O)c2ccc(C)cc2)CC1. The Morgan fingerprint density at radius 1 is 1.06 bits per heavy atom. The Labute approximate surface area is 201 Å². The van der Waals surface area contributed by atoms with E-state index in [9.17, 15) is 18.6 Å². The summed E-state index contributed by atoms with van der Waals surface area (Å²) in [5, 5.41) is 20.6. The van der Waals surface area contributed by atoms with Crippen molar-refractivity contribution in [2.24, 2.45) is 0 Å². The van der Waals surface area contributed by atoms with Gasteiger partial charge in [0.15, 0.2) is 0 Å². The summed E-state index contributed by atoms with van der Waals surface area (Å²) < 4.78 is 39.5. The number of ether oxygens (including phenoxy) is 2. The molecule has 0 bridgehead atoms. The lowest BCUT2D eigenvalue weighted by Gasteiger charge is -2.41. The molecule has 2 aromatic rings. The molecular formula is C24H33N3O6S. The van der Waals surface area contributed by atoms with Gasteiger partial charge in [0.2, 0.25) is 10.0 Å². The van der Waals surface area contributed by atoms with Crippen LogP contribution in [-0.2, 0) is 14.8 Å². The molecule has 0 amide bonds. The fraction of sp³-hybridized carbons (Fsp3) is 0.500. The Morgan fingerprint density at radius 2 is 1.74 bits per heavy atom. The van der Waals surface area contributed by atoms with Gasteiger partial charge in [0.25, 0.3) is 0 Å². The molecule has 9 nitrogen and oxygen atoms in total. The lowest BCUT2D eigenvalue weighted by Crippen LogP contribution is -2.57. The summed E-state index contributed by atoms with van der Waals surface area (Å²) in [5.41, 5.74) is 1.99. The Bertz CT molecular complexity index is 1060. The number of sulfonamides is 1. The van der Waals surface area contributed by atoms with E-state index >= 15 is 0 Å². The first-order chi connectivity index (χ1) is 16.3. The Morgan fingerprint density at radius 3 is 2.38 bits per heavy atom. The van der Waals surface area contributed by atoms with Crippen molar-refractivity contribution in [1.82, 2.24) is 9.62 Å². The largest absolute Gasteiger partial charge is 0.495 e. The summed E-state index contributed by atoms with van der Waals surface area (Å²) in [7, 11) is -2.08. The van der Waals surface area contributed by atoms with Crippen LogP contribution >= 0.6 is 0 Å². The highest BCUT2D eigenvalue weighted by Gasteiger charge is 2.47. The Hall–Kier alpha value is -2.21. The number of anilines is 1. The first-order valence-corrected chi connectivity index (χ1v) is 12.9. The van der Waals surface area contributed by atoms with Gasteiger partial charge in [-0.05, 0) is 31.2 Å². The van der Waals surface area contributed by atoms with Crippen molar-refractivity contribution in [3.05, 3.63) is 54.1 Å². The monoisotopic (exact) mass is 491 g/mol. The summed E-state index contributed by atoms with van der Waals surface area (Å²) in [6, 6.07) is 14.0. The quantitative estimate of drug-likeness (QED) is 0.492. The number of hydrogen-bond acceptors (Lipinski definition) is 8. The predicted octanol–water partition coefficient (Wildman–Crippen LogP) is 0.593. The second kappa shape index (κ2) is 10.6. The molecule has 0 saturated carbocycles. The Balaban J connectivity index is 1.44. The summed E-state index contributed by atoms with van der Waals surface area (Å²) in [5.74, 6) is 0.809. The molecule has 2 aliphatic heterocycles. The molecule has 0 radical (unpaired) electrons. The second-order valence-electron chi connectivity index (χ2n) is 8.74. The highest BCUT2D eigenvalue weighted by molar-refractivity contribution is 7.89. The average molecular weight is 492 g/mol.